The number of thiophene rings is 1. The molecule has 0 aliphatic heterocycles. The third-order valence-electron chi connectivity index (χ3n) is 2.99. The Morgan fingerprint density at radius 1 is 1.35 bits per heavy atom. The molecule has 0 aliphatic rings. The standard InChI is InChI=1S/C13H19N3S/c1-9(12-8-16(4)15-10(12)2)14-11(3)13-6-5-7-17-13/h5-9,11,14H,1-4H3. The molecule has 0 saturated carbocycles. The van der Waals surface area contributed by atoms with Gasteiger partial charge < -0.3 is 5.32 Å². The molecule has 3 nitrogen and oxygen atoms in total. The maximum absolute atomic E-state index is 4.38. The third kappa shape index (κ3) is 2.76. The molecule has 0 radical (unpaired) electrons. The molecule has 2 aromatic rings. The fourth-order valence-electron chi connectivity index (χ4n) is 2.13. The maximum atomic E-state index is 4.38. The van der Waals surface area contributed by atoms with Gasteiger partial charge in [-0.05, 0) is 32.2 Å². The van der Waals surface area contributed by atoms with E-state index in [2.05, 4.69) is 54.9 Å². The minimum atomic E-state index is 0.320. The Morgan fingerprint density at radius 3 is 2.65 bits per heavy atom. The van der Waals surface area contributed by atoms with Gasteiger partial charge in [0.05, 0.1) is 5.69 Å². The van der Waals surface area contributed by atoms with Crippen LogP contribution >= 0.6 is 11.3 Å². The first-order chi connectivity index (χ1) is 8.08. The summed E-state index contributed by atoms with van der Waals surface area (Å²) in [4.78, 5) is 1.37. The summed E-state index contributed by atoms with van der Waals surface area (Å²) < 4.78 is 1.87. The number of aromatic nitrogens is 2. The predicted molar refractivity (Wildman–Crippen MR) is 72.2 cm³/mol. The molecule has 0 bridgehead atoms. The molecule has 0 fully saturated rings. The molecule has 92 valence electrons. The monoisotopic (exact) mass is 249 g/mol. The van der Waals surface area contributed by atoms with Crippen molar-refractivity contribution in [3.63, 3.8) is 0 Å². The fourth-order valence-corrected chi connectivity index (χ4v) is 2.87. The van der Waals surface area contributed by atoms with Gasteiger partial charge in [0.2, 0.25) is 0 Å². The fraction of sp³-hybridized carbons (Fsp3) is 0.462. The summed E-state index contributed by atoms with van der Waals surface area (Å²) in [6.07, 6.45) is 2.09. The average molecular weight is 249 g/mol. The van der Waals surface area contributed by atoms with Crippen LogP contribution in [0.4, 0.5) is 0 Å². The van der Waals surface area contributed by atoms with Crippen LogP contribution in [0.15, 0.2) is 23.7 Å². The van der Waals surface area contributed by atoms with Crippen LogP contribution in [0, 0.1) is 6.92 Å². The molecular weight excluding hydrogens is 230 g/mol. The SMILES string of the molecule is Cc1nn(C)cc1C(C)NC(C)c1cccs1. The molecule has 0 spiro atoms. The Hall–Kier alpha value is -1.13. The molecule has 2 heterocycles. The zero-order chi connectivity index (χ0) is 12.4. The van der Waals surface area contributed by atoms with Gasteiger partial charge in [-0.15, -0.1) is 11.3 Å². The second-order valence-electron chi connectivity index (χ2n) is 4.47. The van der Waals surface area contributed by atoms with Crippen molar-refractivity contribution in [1.29, 1.82) is 0 Å². The van der Waals surface area contributed by atoms with Crippen LogP contribution in [-0.4, -0.2) is 9.78 Å². The Morgan fingerprint density at radius 2 is 2.12 bits per heavy atom. The largest absolute Gasteiger partial charge is 0.303 e. The summed E-state index contributed by atoms with van der Waals surface area (Å²) in [7, 11) is 1.96. The summed E-state index contributed by atoms with van der Waals surface area (Å²) in [5.41, 5.74) is 2.38. The lowest BCUT2D eigenvalue weighted by Crippen LogP contribution is -2.22. The van der Waals surface area contributed by atoms with E-state index in [1.807, 2.05) is 11.7 Å². The van der Waals surface area contributed by atoms with Crippen molar-refractivity contribution in [1.82, 2.24) is 15.1 Å². The van der Waals surface area contributed by atoms with E-state index in [-0.39, 0.29) is 0 Å². The van der Waals surface area contributed by atoms with Gasteiger partial charge in [-0.3, -0.25) is 4.68 Å². The summed E-state index contributed by atoms with van der Waals surface area (Å²) in [6.45, 7) is 6.45. The minimum Gasteiger partial charge on any atom is -0.303 e. The molecule has 2 aromatic heterocycles. The lowest BCUT2D eigenvalue weighted by Gasteiger charge is -2.18. The van der Waals surface area contributed by atoms with Crippen LogP contribution in [-0.2, 0) is 7.05 Å². The molecule has 4 heteroatoms. The van der Waals surface area contributed by atoms with Gasteiger partial charge in [0, 0.05) is 35.8 Å². The molecule has 2 unspecified atom stereocenters. The van der Waals surface area contributed by atoms with E-state index in [9.17, 15) is 0 Å². The highest BCUT2D eigenvalue weighted by molar-refractivity contribution is 7.10. The second kappa shape index (κ2) is 5.02. The van der Waals surface area contributed by atoms with E-state index in [1.165, 1.54) is 10.4 Å². The highest BCUT2D eigenvalue weighted by Crippen LogP contribution is 2.23. The molecule has 0 aromatic carbocycles. The molecule has 2 atom stereocenters. The van der Waals surface area contributed by atoms with Gasteiger partial charge in [-0.25, -0.2) is 0 Å². The lowest BCUT2D eigenvalue weighted by molar-refractivity contribution is 0.498. The van der Waals surface area contributed by atoms with Crippen molar-refractivity contribution >= 4 is 11.3 Å². The van der Waals surface area contributed by atoms with Crippen LogP contribution in [0.1, 0.15) is 42.1 Å². The Labute approximate surface area is 106 Å². The number of nitrogens with one attached hydrogen (secondary N) is 1. The minimum absolute atomic E-state index is 0.320. The molecular formula is C13H19N3S. The molecule has 17 heavy (non-hydrogen) atoms. The first-order valence-corrected chi connectivity index (χ1v) is 6.75. The zero-order valence-corrected chi connectivity index (χ0v) is 11.6. The van der Waals surface area contributed by atoms with E-state index in [1.54, 1.807) is 11.3 Å². The topological polar surface area (TPSA) is 29.9 Å². The second-order valence-corrected chi connectivity index (χ2v) is 5.45. The summed E-state index contributed by atoms with van der Waals surface area (Å²) >= 11 is 1.79. The molecule has 0 amide bonds. The smallest absolute Gasteiger partial charge is 0.0641 e. The highest BCUT2D eigenvalue weighted by Gasteiger charge is 2.15. The number of aryl methyl sites for hydroxylation is 2. The zero-order valence-electron chi connectivity index (χ0n) is 10.8. The van der Waals surface area contributed by atoms with Crippen LogP contribution in [0.2, 0.25) is 0 Å². The van der Waals surface area contributed by atoms with Crippen molar-refractivity contribution in [2.45, 2.75) is 32.9 Å². The van der Waals surface area contributed by atoms with E-state index in [0.29, 0.717) is 12.1 Å². The lowest BCUT2D eigenvalue weighted by atomic mass is 10.1. The average Bonchev–Trinajstić information content (AvgIpc) is 2.87. The van der Waals surface area contributed by atoms with Crippen molar-refractivity contribution in [3.8, 4) is 0 Å². The van der Waals surface area contributed by atoms with Gasteiger partial charge in [0.1, 0.15) is 0 Å². The normalized spacial score (nSPS) is 14.8. The van der Waals surface area contributed by atoms with Gasteiger partial charge in [-0.1, -0.05) is 6.07 Å². The molecule has 0 aliphatic carbocycles. The van der Waals surface area contributed by atoms with Crippen molar-refractivity contribution in [2.75, 3.05) is 0 Å². The van der Waals surface area contributed by atoms with Crippen molar-refractivity contribution in [2.24, 2.45) is 7.05 Å². The van der Waals surface area contributed by atoms with Gasteiger partial charge in [-0.2, -0.15) is 5.10 Å². The number of nitrogens with zero attached hydrogens (tertiary/aromatic N) is 2. The van der Waals surface area contributed by atoms with Crippen LogP contribution in [0.3, 0.4) is 0 Å². The maximum Gasteiger partial charge on any atom is 0.0641 e. The predicted octanol–water partition coefficient (Wildman–Crippen LogP) is 3.20. The molecule has 1 N–H and O–H groups in total. The first kappa shape index (κ1) is 12.3. The van der Waals surface area contributed by atoms with Gasteiger partial charge in [0.15, 0.2) is 0 Å². The van der Waals surface area contributed by atoms with Crippen LogP contribution < -0.4 is 5.32 Å². The highest BCUT2D eigenvalue weighted by atomic mass is 32.1. The van der Waals surface area contributed by atoms with E-state index in [0.717, 1.165) is 5.69 Å². The number of rotatable bonds is 4. The van der Waals surface area contributed by atoms with E-state index >= 15 is 0 Å². The first-order valence-electron chi connectivity index (χ1n) is 5.87. The Kier molecular flexibility index (Phi) is 3.64. The van der Waals surface area contributed by atoms with Crippen molar-refractivity contribution in [3.05, 3.63) is 39.8 Å². The van der Waals surface area contributed by atoms with Crippen LogP contribution in [0.5, 0.6) is 0 Å². The Balaban J connectivity index is 2.06. The molecule has 0 saturated heterocycles. The third-order valence-corrected chi connectivity index (χ3v) is 4.04. The summed E-state index contributed by atoms with van der Waals surface area (Å²) in [6, 6.07) is 4.97. The van der Waals surface area contributed by atoms with Gasteiger partial charge >= 0.3 is 0 Å². The summed E-state index contributed by atoms with van der Waals surface area (Å²) in [5, 5.41) is 10.1. The quantitative estimate of drug-likeness (QED) is 0.901. The van der Waals surface area contributed by atoms with E-state index in [4.69, 9.17) is 0 Å². The Bertz CT molecular complexity index is 473. The molecule has 2 rings (SSSR count). The number of hydrogen-bond donors (Lipinski definition) is 1. The number of hydrogen-bond acceptors (Lipinski definition) is 3. The van der Waals surface area contributed by atoms with Gasteiger partial charge in [0.25, 0.3) is 0 Å². The van der Waals surface area contributed by atoms with E-state index < -0.39 is 0 Å². The van der Waals surface area contributed by atoms with Crippen molar-refractivity contribution < 1.29 is 0 Å². The van der Waals surface area contributed by atoms with Crippen LogP contribution in [0.25, 0.3) is 0 Å². The summed E-state index contributed by atoms with van der Waals surface area (Å²) in [5.74, 6) is 0.